The highest BCUT2D eigenvalue weighted by molar-refractivity contribution is 8.00. The minimum atomic E-state index is -0.976. The summed E-state index contributed by atoms with van der Waals surface area (Å²) < 4.78 is 4.68. The van der Waals surface area contributed by atoms with Crippen LogP contribution in [0.1, 0.15) is 20.3 Å². The van der Waals surface area contributed by atoms with Gasteiger partial charge in [-0.25, -0.2) is 0 Å². The van der Waals surface area contributed by atoms with Crippen molar-refractivity contribution in [2.45, 2.75) is 32.4 Å². The van der Waals surface area contributed by atoms with Crippen molar-refractivity contribution in [2.24, 2.45) is 5.73 Å². The molecule has 0 radical (unpaired) electrons. The lowest BCUT2D eigenvalue weighted by molar-refractivity contribution is -0.141. The van der Waals surface area contributed by atoms with E-state index in [1.165, 1.54) is 18.9 Å². The molecule has 0 saturated carbocycles. The zero-order valence-electron chi connectivity index (χ0n) is 10.1. The molecule has 17 heavy (non-hydrogen) atoms. The molecule has 0 aromatic heterocycles. The van der Waals surface area contributed by atoms with Crippen LogP contribution in [0.5, 0.6) is 0 Å². The molecule has 4 unspecified atom stereocenters. The molecule has 98 valence electrons. The van der Waals surface area contributed by atoms with Crippen LogP contribution in [0.4, 0.5) is 0 Å². The Kier molecular flexibility index (Phi) is 7.44. The van der Waals surface area contributed by atoms with E-state index >= 15 is 0 Å². The molecule has 0 aromatic carbocycles. The Balaban J connectivity index is 4.39. The Morgan fingerprint density at radius 2 is 2.00 bits per heavy atom. The van der Waals surface area contributed by atoms with Gasteiger partial charge in [0, 0.05) is 7.05 Å². The predicted molar refractivity (Wildman–Crippen MR) is 69.6 cm³/mol. The van der Waals surface area contributed by atoms with Gasteiger partial charge in [0.05, 0.1) is 27.0 Å². The first-order valence-corrected chi connectivity index (χ1v) is 7.71. The van der Waals surface area contributed by atoms with Crippen molar-refractivity contribution in [3.63, 3.8) is 0 Å². The fraction of sp³-hybridized carbons (Fsp3) is 0.667. The molecule has 0 rings (SSSR count). The van der Waals surface area contributed by atoms with Gasteiger partial charge in [0.2, 0.25) is 5.91 Å². The van der Waals surface area contributed by atoms with E-state index in [0.717, 1.165) is 0 Å². The largest absolute Gasteiger partial charge is 0.444 e. The Labute approximate surface area is 105 Å². The van der Waals surface area contributed by atoms with Crippen molar-refractivity contribution in [2.75, 3.05) is 7.05 Å². The standard InChI is InChI=1S/C9H18N2O4P2/c1-5(6(2)12)11(3)9(14)7(10)4-8(13)15-17-16/h5,7,17H,4,10,16H2,1-3H3. The van der Waals surface area contributed by atoms with Crippen LogP contribution in [-0.2, 0) is 18.9 Å². The number of ketones is 1. The highest BCUT2D eigenvalue weighted by atomic mass is 32.0. The van der Waals surface area contributed by atoms with Crippen molar-refractivity contribution in [3.05, 3.63) is 0 Å². The average Bonchev–Trinajstić information content (AvgIpc) is 2.25. The van der Waals surface area contributed by atoms with E-state index in [4.69, 9.17) is 5.73 Å². The van der Waals surface area contributed by atoms with Gasteiger partial charge in [-0.2, -0.15) is 0 Å². The molecule has 0 spiro atoms. The molecular formula is C9H18N2O4P2. The van der Waals surface area contributed by atoms with Gasteiger partial charge in [0.15, 0.2) is 5.78 Å². The maximum atomic E-state index is 11.8. The fourth-order valence-corrected chi connectivity index (χ4v) is 1.71. The second-order valence-corrected chi connectivity index (χ2v) is 4.79. The summed E-state index contributed by atoms with van der Waals surface area (Å²) in [6.07, 6.45) is -0.185. The zero-order valence-corrected chi connectivity index (χ0v) is 12.3. The SMILES string of the molecule is CC(=O)C(C)N(C)C(=O)C(N)CC(=O)OPP. The molecule has 6 nitrogen and oxygen atoms in total. The summed E-state index contributed by atoms with van der Waals surface area (Å²) >= 11 is 0. The molecule has 0 saturated heterocycles. The van der Waals surface area contributed by atoms with Crippen LogP contribution in [-0.4, -0.2) is 41.7 Å². The fourth-order valence-electron chi connectivity index (χ4n) is 1.10. The third-order valence-corrected chi connectivity index (χ3v) is 3.09. The summed E-state index contributed by atoms with van der Waals surface area (Å²) in [4.78, 5) is 35.3. The zero-order chi connectivity index (χ0) is 13.6. The van der Waals surface area contributed by atoms with Gasteiger partial charge in [-0.15, -0.1) is 0 Å². The Morgan fingerprint density at radius 1 is 1.47 bits per heavy atom. The number of carbonyl (C=O) groups is 3. The second-order valence-electron chi connectivity index (χ2n) is 3.64. The van der Waals surface area contributed by atoms with Crippen molar-refractivity contribution < 1.29 is 18.9 Å². The molecule has 0 aliphatic rings. The Bertz CT molecular complexity index is 311. The number of carbonyl (C=O) groups excluding carboxylic acids is 3. The van der Waals surface area contributed by atoms with Gasteiger partial charge in [-0.3, -0.25) is 14.4 Å². The molecular weight excluding hydrogens is 262 g/mol. The van der Waals surface area contributed by atoms with E-state index in [1.807, 2.05) is 0 Å². The highest BCUT2D eigenvalue weighted by Gasteiger charge is 2.26. The third kappa shape index (κ3) is 5.53. The van der Waals surface area contributed by atoms with E-state index < -0.39 is 24.0 Å². The number of hydrogen-bond acceptors (Lipinski definition) is 5. The van der Waals surface area contributed by atoms with Crippen LogP contribution < -0.4 is 5.73 Å². The Hall–Kier alpha value is -0.570. The number of hydrogen-bond donors (Lipinski definition) is 1. The maximum absolute atomic E-state index is 11.8. The molecule has 0 bridgehead atoms. The van der Waals surface area contributed by atoms with Gasteiger partial charge < -0.3 is 15.2 Å². The number of likely N-dealkylation sites (N-methyl/N-ethyl adjacent to an activating group) is 1. The normalized spacial score (nSPS) is 14.4. The van der Waals surface area contributed by atoms with Crippen LogP contribution in [0.25, 0.3) is 0 Å². The topological polar surface area (TPSA) is 89.7 Å². The number of Topliss-reactive ketones (excluding diaryl/α,β-unsaturated/α-hetero) is 1. The lowest BCUT2D eigenvalue weighted by Crippen LogP contribution is -2.48. The molecule has 1 amide bonds. The molecule has 0 fully saturated rings. The molecule has 4 atom stereocenters. The summed E-state index contributed by atoms with van der Waals surface area (Å²) in [6.45, 7) is 3.00. The molecule has 0 aromatic rings. The average molecular weight is 280 g/mol. The van der Waals surface area contributed by atoms with Gasteiger partial charge >= 0.3 is 5.97 Å². The highest BCUT2D eigenvalue weighted by Crippen LogP contribution is 2.22. The van der Waals surface area contributed by atoms with E-state index in [0.29, 0.717) is 0 Å². The minimum Gasteiger partial charge on any atom is -0.444 e. The van der Waals surface area contributed by atoms with Crippen molar-refractivity contribution in [1.82, 2.24) is 4.90 Å². The number of nitrogens with zero attached hydrogens (tertiary/aromatic N) is 1. The predicted octanol–water partition coefficient (Wildman–Crippen LogP) is 0.0665. The third-order valence-electron chi connectivity index (χ3n) is 2.39. The maximum Gasteiger partial charge on any atom is 0.310 e. The second kappa shape index (κ2) is 7.70. The lowest BCUT2D eigenvalue weighted by atomic mass is 10.1. The number of amides is 1. The van der Waals surface area contributed by atoms with E-state index in [-0.39, 0.29) is 20.7 Å². The molecule has 0 aliphatic carbocycles. The number of nitrogens with two attached hydrogens (primary N) is 1. The number of rotatable bonds is 6. The Morgan fingerprint density at radius 3 is 2.41 bits per heavy atom. The van der Waals surface area contributed by atoms with E-state index in [9.17, 15) is 14.4 Å². The van der Waals surface area contributed by atoms with E-state index in [2.05, 4.69) is 13.5 Å². The van der Waals surface area contributed by atoms with Crippen molar-refractivity contribution in [3.8, 4) is 0 Å². The quantitative estimate of drug-likeness (QED) is 0.695. The van der Waals surface area contributed by atoms with Crippen LogP contribution in [0, 0.1) is 0 Å². The first-order valence-electron chi connectivity index (χ1n) is 4.99. The molecule has 8 heteroatoms. The summed E-state index contributed by atoms with van der Waals surface area (Å²) in [7, 11) is 3.69. The van der Waals surface area contributed by atoms with Crippen molar-refractivity contribution in [1.29, 1.82) is 0 Å². The lowest BCUT2D eigenvalue weighted by Gasteiger charge is -2.25. The monoisotopic (exact) mass is 280 g/mol. The van der Waals surface area contributed by atoms with Gasteiger partial charge in [-0.05, 0) is 13.8 Å². The van der Waals surface area contributed by atoms with Crippen molar-refractivity contribution >= 4 is 35.1 Å². The van der Waals surface area contributed by atoms with Gasteiger partial charge in [-0.1, -0.05) is 8.93 Å². The smallest absolute Gasteiger partial charge is 0.310 e. The summed E-state index contributed by atoms with van der Waals surface area (Å²) in [5.74, 6) is -1.11. The molecule has 2 N–H and O–H groups in total. The van der Waals surface area contributed by atoms with Gasteiger partial charge in [0.25, 0.3) is 0 Å². The first kappa shape index (κ1) is 16.4. The molecule has 0 aliphatic heterocycles. The summed E-state index contributed by atoms with van der Waals surface area (Å²) in [5.41, 5.74) is 5.58. The van der Waals surface area contributed by atoms with Crippen LogP contribution in [0.15, 0.2) is 0 Å². The van der Waals surface area contributed by atoms with Crippen LogP contribution in [0.2, 0.25) is 0 Å². The van der Waals surface area contributed by atoms with Crippen LogP contribution in [0.3, 0.4) is 0 Å². The van der Waals surface area contributed by atoms with Gasteiger partial charge in [0.1, 0.15) is 0 Å². The van der Waals surface area contributed by atoms with E-state index in [1.54, 1.807) is 6.92 Å². The molecule has 0 heterocycles. The van der Waals surface area contributed by atoms with Crippen LogP contribution >= 0.6 is 17.4 Å². The first-order chi connectivity index (χ1) is 7.81. The summed E-state index contributed by atoms with van der Waals surface area (Å²) in [6, 6.07) is -1.52. The summed E-state index contributed by atoms with van der Waals surface area (Å²) in [5, 5.41) is 0. The minimum absolute atomic E-state index is 0.0504.